The van der Waals surface area contributed by atoms with E-state index >= 15 is 0 Å². The van der Waals surface area contributed by atoms with Crippen LogP contribution in [0.25, 0.3) is 0 Å². The Labute approximate surface area is 105 Å². The van der Waals surface area contributed by atoms with E-state index in [2.05, 4.69) is 14.8 Å². The third-order valence-corrected chi connectivity index (χ3v) is 4.15. The third-order valence-electron chi connectivity index (χ3n) is 2.68. The van der Waals surface area contributed by atoms with Crippen molar-refractivity contribution in [1.82, 2.24) is 14.8 Å². The van der Waals surface area contributed by atoms with Gasteiger partial charge in [0.1, 0.15) is 0 Å². The summed E-state index contributed by atoms with van der Waals surface area (Å²) in [5.41, 5.74) is -0.432. The molecule has 1 saturated heterocycles. The van der Waals surface area contributed by atoms with Gasteiger partial charge in [0.05, 0.1) is 0 Å². The van der Waals surface area contributed by atoms with Crippen LogP contribution in [0.15, 0.2) is 0 Å². The summed E-state index contributed by atoms with van der Waals surface area (Å²) >= 11 is 0. The molecule has 0 radical (unpaired) electrons. The molecule has 3 N–H and O–H groups in total. The zero-order valence-electron chi connectivity index (χ0n) is 11.0. The number of hydrogen-bond donors (Lipinski definition) is 3. The van der Waals surface area contributed by atoms with Gasteiger partial charge in [-0.25, -0.2) is 4.72 Å². The first-order valence-electron chi connectivity index (χ1n) is 6.28. The Morgan fingerprint density at radius 1 is 1.35 bits per heavy atom. The Hall–Kier alpha value is -0.170. The van der Waals surface area contributed by atoms with Crippen LogP contribution in [-0.4, -0.2) is 33.6 Å². The molecule has 0 spiro atoms. The second-order valence-electron chi connectivity index (χ2n) is 5.75. The lowest BCUT2D eigenvalue weighted by molar-refractivity contribution is 0.357. The van der Waals surface area contributed by atoms with Gasteiger partial charge in [0, 0.05) is 12.1 Å². The molecule has 6 heteroatoms. The molecule has 1 atom stereocenters. The normalized spacial score (nSPS) is 22.6. The van der Waals surface area contributed by atoms with Crippen LogP contribution in [-0.2, 0) is 10.2 Å². The molecule has 1 heterocycles. The lowest BCUT2D eigenvalue weighted by Crippen LogP contribution is -2.47. The van der Waals surface area contributed by atoms with E-state index in [-0.39, 0.29) is 0 Å². The smallest absolute Gasteiger partial charge is 0.277 e. The van der Waals surface area contributed by atoms with Crippen molar-refractivity contribution in [2.45, 2.75) is 45.6 Å². The summed E-state index contributed by atoms with van der Waals surface area (Å²) in [5.74, 6) is 0.598. The Kier molecular flexibility index (Phi) is 5.37. The summed E-state index contributed by atoms with van der Waals surface area (Å²) < 4.78 is 28.5. The average molecular weight is 263 g/mol. The molecule has 0 aliphatic carbocycles. The quantitative estimate of drug-likeness (QED) is 0.680. The highest BCUT2D eigenvalue weighted by Gasteiger charge is 2.20. The van der Waals surface area contributed by atoms with Gasteiger partial charge in [-0.15, -0.1) is 0 Å². The molecule has 1 aliphatic rings. The zero-order chi connectivity index (χ0) is 12.9. The Morgan fingerprint density at radius 3 is 2.59 bits per heavy atom. The minimum Gasteiger partial charge on any atom is -0.316 e. The first kappa shape index (κ1) is 14.9. The van der Waals surface area contributed by atoms with E-state index in [1.807, 2.05) is 20.8 Å². The van der Waals surface area contributed by atoms with Gasteiger partial charge in [0.15, 0.2) is 0 Å². The van der Waals surface area contributed by atoms with E-state index in [1.54, 1.807) is 0 Å². The molecule has 0 aromatic carbocycles. The molecule has 0 saturated carbocycles. The molecular weight excluding hydrogens is 238 g/mol. The number of rotatable bonds is 5. The van der Waals surface area contributed by atoms with Crippen molar-refractivity contribution >= 4 is 10.2 Å². The molecular formula is C11H25N3O2S. The number of hydrogen-bond acceptors (Lipinski definition) is 3. The van der Waals surface area contributed by atoms with Crippen molar-refractivity contribution in [1.29, 1.82) is 0 Å². The summed E-state index contributed by atoms with van der Waals surface area (Å²) in [7, 11) is -3.36. The molecule has 1 aliphatic heterocycles. The van der Waals surface area contributed by atoms with Crippen LogP contribution in [0, 0.1) is 5.92 Å². The fraction of sp³-hybridized carbons (Fsp3) is 1.00. The fourth-order valence-corrected chi connectivity index (χ4v) is 3.27. The molecule has 0 aromatic rings. The monoisotopic (exact) mass is 263 g/mol. The molecule has 17 heavy (non-hydrogen) atoms. The maximum Gasteiger partial charge on any atom is 0.277 e. The maximum atomic E-state index is 11.7. The number of piperidine rings is 1. The van der Waals surface area contributed by atoms with Gasteiger partial charge in [-0.2, -0.15) is 13.1 Å². The summed E-state index contributed by atoms with van der Waals surface area (Å²) in [6.07, 6.45) is 3.29. The van der Waals surface area contributed by atoms with Crippen molar-refractivity contribution < 1.29 is 8.42 Å². The van der Waals surface area contributed by atoms with E-state index in [0.29, 0.717) is 12.5 Å². The molecule has 1 rings (SSSR count). The highest BCUT2D eigenvalue weighted by Crippen LogP contribution is 2.13. The summed E-state index contributed by atoms with van der Waals surface area (Å²) in [4.78, 5) is 0. The summed E-state index contributed by atoms with van der Waals surface area (Å²) in [5, 5.41) is 3.33. The van der Waals surface area contributed by atoms with Crippen LogP contribution in [0.1, 0.15) is 40.0 Å². The molecule has 0 bridgehead atoms. The van der Waals surface area contributed by atoms with Gasteiger partial charge in [-0.3, -0.25) is 0 Å². The molecule has 0 amide bonds. The summed E-state index contributed by atoms with van der Waals surface area (Å²) in [6, 6.07) is 0. The minimum absolute atomic E-state index is 0.432. The largest absolute Gasteiger partial charge is 0.316 e. The minimum atomic E-state index is -3.36. The van der Waals surface area contributed by atoms with Crippen molar-refractivity contribution in [3.8, 4) is 0 Å². The van der Waals surface area contributed by atoms with Crippen molar-refractivity contribution in [2.75, 3.05) is 19.6 Å². The van der Waals surface area contributed by atoms with Crippen LogP contribution in [0.2, 0.25) is 0 Å². The highest BCUT2D eigenvalue weighted by molar-refractivity contribution is 7.87. The zero-order valence-corrected chi connectivity index (χ0v) is 11.9. The lowest BCUT2D eigenvalue weighted by atomic mass is 9.96. The SMILES string of the molecule is CC(C)(C)NS(=O)(=O)NCCC1CCCNC1. The van der Waals surface area contributed by atoms with E-state index < -0.39 is 15.7 Å². The summed E-state index contributed by atoms with van der Waals surface area (Å²) in [6.45, 7) is 8.10. The van der Waals surface area contributed by atoms with E-state index in [1.165, 1.54) is 12.8 Å². The third kappa shape index (κ3) is 6.98. The van der Waals surface area contributed by atoms with Gasteiger partial charge < -0.3 is 5.32 Å². The van der Waals surface area contributed by atoms with E-state index in [4.69, 9.17) is 0 Å². The first-order valence-corrected chi connectivity index (χ1v) is 7.76. The van der Waals surface area contributed by atoms with Gasteiger partial charge in [0.25, 0.3) is 10.2 Å². The highest BCUT2D eigenvalue weighted by atomic mass is 32.2. The van der Waals surface area contributed by atoms with Crippen LogP contribution in [0.5, 0.6) is 0 Å². The predicted molar refractivity (Wildman–Crippen MR) is 70.0 cm³/mol. The van der Waals surface area contributed by atoms with Crippen LogP contribution >= 0.6 is 0 Å². The Balaban J connectivity index is 2.25. The van der Waals surface area contributed by atoms with Crippen molar-refractivity contribution in [3.63, 3.8) is 0 Å². The number of nitrogens with one attached hydrogen (secondary N) is 3. The first-order chi connectivity index (χ1) is 7.79. The van der Waals surface area contributed by atoms with Gasteiger partial charge in [-0.05, 0) is 59.0 Å². The molecule has 1 fully saturated rings. The van der Waals surface area contributed by atoms with Crippen molar-refractivity contribution in [2.24, 2.45) is 5.92 Å². The lowest BCUT2D eigenvalue weighted by Gasteiger charge is -2.24. The van der Waals surface area contributed by atoms with Gasteiger partial charge in [-0.1, -0.05) is 0 Å². The molecule has 0 aromatic heterocycles. The van der Waals surface area contributed by atoms with Crippen LogP contribution in [0.3, 0.4) is 0 Å². The van der Waals surface area contributed by atoms with E-state index in [9.17, 15) is 8.42 Å². The van der Waals surface area contributed by atoms with Gasteiger partial charge in [0.2, 0.25) is 0 Å². The van der Waals surface area contributed by atoms with E-state index in [0.717, 1.165) is 19.5 Å². The van der Waals surface area contributed by atoms with Crippen molar-refractivity contribution in [3.05, 3.63) is 0 Å². The second-order valence-corrected chi connectivity index (χ2v) is 7.25. The molecule has 1 unspecified atom stereocenters. The fourth-order valence-electron chi connectivity index (χ4n) is 2.01. The van der Waals surface area contributed by atoms with Crippen LogP contribution in [0.4, 0.5) is 0 Å². The van der Waals surface area contributed by atoms with Crippen LogP contribution < -0.4 is 14.8 Å². The topological polar surface area (TPSA) is 70.2 Å². The molecule has 5 nitrogen and oxygen atoms in total. The predicted octanol–water partition coefficient (Wildman–Crippen LogP) is 0.599. The second kappa shape index (κ2) is 6.13. The Morgan fingerprint density at radius 2 is 2.06 bits per heavy atom. The Bertz CT molecular complexity index is 316. The molecule has 102 valence electrons. The average Bonchev–Trinajstić information content (AvgIpc) is 2.15. The van der Waals surface area contributed by atoms with Gasteiger partial charge >= 0.3 is 0 Å². The standard InChI is InChI=1S/C11H25N3O2S/c1-11(2,3)14-17(15,16)13-8-6-10-5-4-7-12-9-10/h10,12-14H,4-9H2,1-3H3. The maximum absolute atomic E-state index is 11.7.